The molecule has 0 aliphatic heterocycles. The highest BCUT2D eigenvalue weighted by atomic mass is 16.7. The number of rotatable bonds is 20. The Kier molecular flexibility index (Phi) is 15.0. The molecule has 0 atom stereocenters. The molecule has 0 aliphatic carbocycles. The maximum atomic E-state index is 12.5. The molecular formula is C30H44N2O5. The molecule has 7 nitrogen and oxygen atoms in total. The van der Waals surface area contributed by atoms with Crippen molar-refractivity contribution in [3.63, 3.8) is 0 Å². The van der Waals surface area contributed by atoms with E-state index in [1.54, 1.807) is 24.3 Å². The van der Waals surface area contributed by atoms with Gasteiger partial charge in [-0.05, 0) is 41.8 Å². The highest BCUT2D eigenvalue weighted by Gasteiger charge is 2.12. The van der Waals surface area contributed by atoms with E-state index in [0.29, 0.717) is 25.2 Å². The van der Waals surface area contributed by atoms with E-state index in [1.165, 1.54) is 51.4 Å². The minimum absolute atomic E-state index is 0.0697. The standard InChI is InChI=1S/C30H44N2O5/c1-3-4-5-6-7-8-9-10-11-12-21-31-30(35)27-17-13-25(14-18-27)22-32(37-24-29(33)34)23-26-15-19-28(36-2)20-16-26/h13-20H,3-12,21-24H2,1-2H3,(H,31,35)(H,33,34). The third-order valence-corrected chi connectivity index (χ3v) is 6.28. The summed E-state index contributed by atoms with van der Waals surface area (Å²) in [4.78, 5) is 29.0. The average Bonchev–Trinajstić information content (AvgIpc) is 2.91. The number of carboxylic acids is 1. The maximum Gasteiger partial charge on any atom is 0.331 e. The van der Waals surface area contributed by atoms with E-state index in [4.69, 9.17) is 14.7 Å². The van der Waals surface area contributed by atoms with Crippen molar-refractivity contribution in [3.05, 3.63) is 65.2 Å². The summed E-state index contributed by atoms with van der Waals surface area (Å²) in [5.41, 5.74) is 2.50. The number of aliphatic carboxylic acids is 1. The number of carboxylic acid groups (broad SMARTS) is 1. The monoisotopic (exact) mass is 512 g/mol. The Morgan fingerprint density at radius 3 is 1.81 bits per heavy atom. The molecule has 204 valence electrons. The number of methoxy groups -OCH3 is 1. The molecule has 0 radical (unpaired) electrons. The number of ether oxygens (including phenoxy) is 1. The number of benzene rings is 2. The van der Waals surface area contributed by atoms with Gasteiger partial charge in [0.1, 0.15) is 5.75 Å². The Bertz CT molecular complexity index is 899. The van der Waals surface area contributed by atoms with Gasteiger partial charge in [0, 0.05) is 25.2 Å². The Labute approximate surface area is 222 Å². The summed E-state index contributed by atoms with van der Waals surface area (Å²) in [5, 5.41) is 13.6. The molecule has 0 saturated heterocycles. The van der Waals surface area contributed by atoms with Crippen LogP contribution in [0.25, 0.3) is 0 Å². The molecule has 37 heavy (non-hydrogen) atoms. The first kappa shape index (κ1) is 30.3. The van der Waals surface area contributed by atoms with Crippen LogP contribution in [-0.2, 0) is 22.7 Å². The fraction of sp³-hybridized carbons (Fsp3) is 0.533. The molecule has 0 saturated carbocycles. The number of nitrogens with zero attached hydrogens (tertiary/aromatic N) is 1. The lowest BCUT2D eigenvalue weighted by Crippen LogP contribution is -2.26. The summed E-state index contributed by atoms with van der Waals surface area (Å²) >= 11 is 0. The largest absolute Gasteiger partial charge is 0.497 e. The molecule has 0 aromatic heterocycles. The van der Waals surface area contributed by atoms with Crippen LogP contribution in [0, 0.1) is 0 Å². The first-order valence-electron chi connectivity index (χ1n) is 13.6. The van der Waals surface area contributed by atoms with Crippen molar-refractivity contribution in [1.29, 1.82) is 0 Å². The smallest absolute Gasteiger partial charge is 0.331 e. The number of carbonyl (C=O) groups excluding carboxylic acids is 1. The summed E-state index contributed by atoms with van der Waals surface area (Å²) in [6, 6.07) is 14.9. The van der Waals surface area contributed by atoms with Gasteiger partial charge < -0.3 is 15.2 Å². The molecule has 2 aromatic carbocycles. The van der Waals surface area contributed by atoms with E-state index in [9.17, 15) is 9.59 Å². The fourth-order valence-corrected chi connectivity index (χ4v) is 4.11. The molecule has 1 amide bonds. The molecule has 2 rings (SSSR count). The lowest BCUT2D eigenvalue weighted by molar-refractivity contribution is -0.190. The lowest BCUT2D eigenvalue weighted by Gasteiger charge is -2.21. The lowest BCUT2D eigenvalue weighted by atomic mass is 10.1. The Hall–Kier alpha value is -2.90. The Balaban J connectivity index is 1.73. The van der Waals surface area contributed by atoms with Crippen LogP contribution in [0.5, 0.6) is 5.75 Å². The number of hydrogen-bond acceptors (Lipinski definition) is 5. The van der Waals surface area contributed by atoms with E-state index in [2.05, 4.69) is 12.2 Å². The minimum atomic E-state index is -1.03. The molecular weight excluding hydrogens is 468 g/mol. The quantitative estimate of drug-likeness (QED) is 0.158. The SMILES string of the molecule is CCCCCCCCCCCCNC(=O)c1ccc(CN(Cc2ccc(OC)cc2)OCC(=O)O)cc1. The first-order valence-corrected chi connectivity index (χ1v) is 13.6. The second-order valence-electron chi connectivity index (χ2n) is 9.45. The van der Waals surface area contributed by atoms with Crippen LogP contribution in [0.1, 0.15) is 92.6 Å². The number of nitrogens with one attached hydrogen (secondary N) is 1. The molecule has 2 aromatic rings. The zero-order valence-electron chi connectivity index (χ0n) is 22.5. The van der Waals surface area contributed by atoms with Crippen LogP contribution < -0.4 is 10.1 Å². The van der Waals surface area contributed by atoms with Gasteiger partial charge in [0.05, 0.1) is 7.11 Å². The molecule has 0 aliphatic rings. The second kappa shape index (κ2) is 18.4. The van der Waals surface area contributed by atoms with Crippen LogP contribution in [0.4, 0.5) is 0 Å². The average molecular weight is 513 g/mol. The third kappa shape index (κ3) is 13.3. The summed E-state index contributed by atoms with van der Waals surface area (Å²) in [7, 11) is 1.61. The van der Waals surface area contributed by atoms with Crippen LogP contribution in [-0.4, -0.2) is 42.3 Å². The van der Waals surface area contributed by atoms with Gasteiger partial charge in [0.15, 0.2) is 6.61 Å². The van der Waals surface area contributed by atoms with Gasteiger partial charge >= 0.3 is 5.97 Å². The fourth-order valence-electron chi connectivity index (χ4n) is 4.11. The zero-order chi connectivity index (χ0) is 26.7. The van der Waals surface area contributed by atoms with E-state index >= 15 is 0 Å². The van der Waals surface area contributed by atoms with Gasteiger partial charge in [0.2, 0.25) is 0 Å². The third-order valence-electron chi connectivity index (χ3n) is 6.28. The van der Waals surface area contributed by atoms with Gasteiger partial charge in [-0.25, -0.2) is 4.79 Å². The Morgan fingerprint density at radius 1 is 0.784 bits per heavy atom. The van der Waals surface area contributed by atoms with Crippen LogP contribution in [0.2, 0.25) is 0 Å². The van der Waals surface area contributed by atoms with Gasteiger partial charge in [-0.15, -0.1) is 0 Å². The summed E-state index contributed by atoms with van der Waals surface area (Å²) in [6.45, 7) is 3.32. The molecule has 0 fully saturated rings. The minimum Gasteiger partial charge on any atom is -0.497 e. The van der Waals surface area contributed by atoms with E-state index in [1.807, 2.05) is 36.4 Å². The van der Waals surface area contributed by atoms with Crippen molar-refractivity contribution in [3.8, 4) is 5.75 Å². The van der Waals surface area contributed by atoms with E-state index in [-0.39, 0.29) is 5.91 Å². The van der Waals surface area contributed by atoms with Gasteiger partial charge in [-0.2, -0.15) is 5.06 Å². The highest BCUT2D eigenvalue weighted by molar-refractivity contribution is 5.94. The first-order chi connectivity index (χ1) is 18.0. The highest BCUT2D eigenvalue weighted by Crippen LogP contribution is 2.16. The normalized spacial score (nSPS) is 11.0. The van der Waals surface area contributed by atoms with E-state index in [0.717, 1.165) is 29.7 Å². The van der Waals surface area contributed by atoms with Crippen molar-refractivity contribution in [1.82, 2.24) is 10.4 Å². The van der Waals surface area contributed by atoms with Crippen LogP contribution in [0.3, 0.4) is 0 Å². The molecule has 0 bridgehead atoms. The predicted octanol–water partition coefficient (Wildman–Crippen LogP) is 6.36. The van der Waals surface area contributed by atoms with Crippen LogP contribution in [0.15, 0.2) is 48.5 Å². The van der Waals surface area contributed by atoms with Gasteiger partial charge in [0.25, 0.3) is 5.91 Å². The van der Waals surface area contributed by atoms with Crippen molar-refractivity contribution in [2.75, 3.05) is 20.3 Å². The second-order valence-corrected chi connectivity index (χ2v) is 9.45. The number of carbonyl (C=O) groups is 2. The maximum absolute atomic E-state index is 12.5. The molecule has 2 N–H and O–H groups in total. The Morgan fingerprint density at radius 2 is 1.30 bits per heavy atom. The van der Waals surface area contributed by atoms with Crippen molar-refractivity contribution in [2.45, 2.75) is 84.2 Å². The van der Waals surface area contributed by atoms with Gasteiger partial charge in [-0.1, -0.05) is 89.0 Å². The number of unbranched alkanes of at least 4 members (excludes halogenated alkanes) is 9. The van der Waals surface area contributed by atoms with E-state index < -0.39 is 12.6 Å². The topological polar surface area (TPSA) is 88.1 Å². The van der Waals surface area contributed by atoms with Crippen molar-refractivity contribution in [2.24, 2.45) is 0 Å². The van der Waals surface area contributed by atoms with Gasteiger partial charge in [-0.3, -0.25) is 9.63 Å². The number of amides is 1. The summed E-state index contributed by atoms with van der Waals surface area (Å²) in [5.74, 6) is -0.349. The predicted molar refractivity (Wildman–Crippen MR) is 146 cm³/mol. The molecule has 0 spiro atoms. The molecule has 7 heteroatoms. The zero-order valence-corrected chi connectivity index (χ0v) is 22.5. The molecule has 0 heterocycles. The molecule has 0 unspecified atom stereocenters. The number of hydroxylamine groups is 2. The van der Waals surface area contributed by atoms with Crippen molar-refractivity contribution < 1.29 is 24.3 Å². The van der Waals surface area contributed by atoms with Crippen molar-refractivity contribution >= 4 is 11.9 Å². The van der Waals surface area contributed by atoms with Crippen LogP contribution >= 0.6 is 0 Å². The summed E-state index contributed by atoms with van der Waals surface area (Å²) in [6.07, 6.45) is 12.7. The number of hydrogen-bond donors (Lipinski definition) is 2. The summed E-state index contributed by atoms with van der Waals surface area (Å²) < 4.78 is 5.19.